The van der Waals surface area contributed by atoms with Gasteiger partial charge in [-0.15, -0.1) is 0 Å². The van der Waals surface area contributed by atoms with Crippen molar-refractivity contribution in [3.63, 3.8) is 0 Å². The summed E-state index contributed by atoms with van der Waals surface area (Å²) >= 11 is 0. The fourth-order valence-electron chi connectivity index (χ4n) is 1.33. The molecule has 0 saturated heterocycles. The Balaban J connectivity index is 2.06. The molecule has 0 spiro atoms. The Labute approximate surface area is 81.8 Å². The minimum Gasteiger partial charge on any atom is -0.469 e. The van der Waals surface area contributed by atoms with Gasteiger partial charge in [0.25, 0.3) is 0 Å². The second-order valence-corrected chi connectivity index (χ2v) is 3.21. The van der Waals surface area contributed by atoms with Crippen molar-refractivity contribution in [1.82, 2.24) is 9.78 Å². The maximum Gasteiger partial charge on any atom is 0.106 e. The monoisotopic (exact) mass is 192 g/mol. The lowest BCUT2D eigenvalue weighted by Crippen LogP contribution is -2.02. The molecule has 4 heteroatoms. The van der Waals surface area contributed by atoms with E-state index < -0.39 is 6.10 Å². The number of hydrogen-bond donors (Lipinski definition) is 1. The number of nitrogens with zero attached hydrogens (tertiary/aromatic N) is 2. The molecule has 1 N–H and O–H groups in total. The first kappa shape index (κ1) is 9.02. The van der Waals surface area contributed by atoms with Crippen LogP contribution < -0.4 is 0 Å². The second kappa shape index (κ2) is 3.67. The molecule has 0 saturated carbocycles. The van der Waals surface area contributed by atoms with Crippen molar-refractivity contribution in [3.8, 4) is 0 Å². The summed E-state index contributed by atoms with van der Waals surface area (Å²) in [5.41, 5.74) is 0.670. The molecular weight excluding hydrogens is 180 g/mol. The number of aliphatic hydroxyl groups is 1. The molecule has 14 heavy (non-hydrogen) atoms. The molecule has 0 aliphatic carbocycles. The van der Waals surface area contributed by atoms with Gasteiger partial charge < -0.3 is 9.52 Å². The maximum absolute atomic E-state index is 9.77. The van der Waals surface area contributed by atoms with Gasteiger partial charge in [0.1, 0.15) is 11.9 Å². The molecule has 0 aliphatic heterocycles. The molecule has 74 valence electrons. The zero-order chi connectivity index (χ0) is 9.97. The Kier molecular flexibility index (Phi) is 2.37. The normalized spacial score (nSPS) is 13.0. The van der Waals surface area contributed by atoms with Crippen LogP contribution in [-0.4, -0.2) is 14.9 Å². The van der Waals surface area contributed by atoms with E-state index in [1.165, 1.54) is 0 Å². The van der Waals surface area contributed by atoms with Crippen molar-refractivity contribution in [2.24, 2.45) is 7.05 Å². The van der Waals surface area contributed by atoms with Crippen LogP contribution in [0.4, 0.5) is 0 Å². The lowest BCUT2D eigenvalue weighted by Gasteiger charge is -2.04. The molecule has 0 radical (unpaired) electrons. The van der Waals surface area contributed by atoms with Gasteiger partial charge >= 0.3 is 0 Å². The molecule has 0 aliphatic rings. The molecule has 2 aromatic rings. The van der Waals surface area contributed by atoms with Gasteiger partial charge in [-0.3, -0.25) is 4.68 Å². The van der Waals surface area contributed by atoms with Crippen molar-refractivity contribution in [2.75, 3.05) is 0 Å². The van der Waals surface area contributed by atoms with Crippen LogP contribution in [0, 0.1) is 0 Å². The van der Waals surface area contributed by atoms with Gasteiger partial charge in [0.15, 0.2) is 0 Å². The lowest BCUT2D eigenvalue weighted by atomic mass is 10.1. The third kappa shape index (κ3) is 1.85. The fraction of sp³-hybridized carbons (Fsp3) is 0.300. The van der Waals surface area contributed by atoms with E-state index in [0.717, 1.165) is 5.76 Å². The molecule has 0 aromatic carbocycles. The number of aromatic nitrogens is 2. The number of furan rings is 1. The highest BCUT2D eigenvalue weighted by Crippen LogP contribution is 2.16. The van der Waals surface area contributed by atoms with E-state index in [2.05, 4.69) is 5.10 Å². The molecule has 2 heterocycles. The van der Waals surface area contributed by atoms with E-state index in [0.29, 0.717) is 12.1 Å². The molecule has 0 bridgehead atoms. The van der Waals surface area contributed by atoms with Gasteiger partial charge in [-0.2, -0.15) is 5.10 Å². The Morgan fingerprint density at radius 1 is 1.57 bits per heavy atom. The predicted octanol–water partition coefficient (Wildman–Crippen LogP) is 1.29. The van der Waals surface area contributed by atoms with Crippen LogP contribution in [0.25, 0.3) is 0 Å². The van der Waals surface area contributed by atoms with Crippen LogP contribution in [-0.2, 0) is 13.5 Å². The largest absolute Gasteiger partial charge is 0.469 e. The summed E-state index contributed by atoms with van der Waals surface area (Å²) < 4.78 is 6.81. The number of rotatable bonds is 3. The van der Waals surface area contributed by atoms with Crippen molar-refractivity contribution < 1.29 is 9.52 Å². The minimum atomic E-state index is -0.595. The molecule has 2 aromatic heterocycles. The van der Waals surface area contributed by atoms with E-state index >= 15 is 0 Å². The highest BCUT2D eigenvalue weighted by Gasteiger charge is 2.12. The quantitative estimate of drug-likeness (QED) is 0.797. The van der Waals surface area contributed by atoms with Gasteiger partial charge in [-0.1, -0.05) is 0 Å². The van der Waals surface area contributed by atoms with Crippen LogP contribution >= 0.6 is 0 Å². The summed E-state index contributed by atoms with van der Waals surface area (Å²) in [7, 11) is 1.82. The summed E-state index contributed by atoms with van der Waals surface area (Å²) in [5, 5.41) is 13.9. The fourth-order valence-corrected chi connectivity index (χ4v) is 1.33. The van der Waals surface area contributed by atoms with Gasteiger partial charge in [0.2, 0.25) is 0 Å². The van der Waals surface area contributed by atoms with Crippen LogP contribution in [0.1, 0.15) is 17.6 Å². The Morgan fingerprint density at radius 2 is 2.43 bits per heavy atom. The Hall–Kier alpha value is -1.55. The van der Waals surface area contributed by atoms with Crippen molar-refractivity contribution >= 4 is 0 Å². The van der Waals surface area contributed by atoms with Crippen LogP contribution in [0.15, 0.2) is 35.1 Å². The van der Waals surface area contributed by atoms with E-state index in [4.69, 9.17) is 4.42 Å². The van der Waals surface area contributed by atoms with E-state index in [9.17, 15) is 5.11 Å². The molecule has 0 amide bonds. The topological polar surface area (TPSA) is 51.2 Å². The summed E-state index contributed by atoms with van der Waals surface area (Å²) in [4.78, 5) is 0. The molecule has 2 rings (SSSR count). The summed E-state index contributed by atoms with van der Waals surface area (Å²) in [6, 6.07) is 5.44. The average molecular weight is 192 g/mol. The molecule has 1 atom stereocenters. The highest BCUT2D eigenvalue weighted by molar-refractivity contribution is 5.08. The lowest BCUT2D eigenvalue weighted by molar-refractivity contribution is 0.165. The molecule has 1 unspecified atom stereocenters. The zero-order valence-electron chi connectivity index (χ0n) is 7.92. The molecule has 4 nitrogen and oxygen atoms in total. The number of aliphatic hydroxyl groups excluding tert-OH is 1. The summed E-state index contributed by atoms with van der Waals surface area (Å²) in [6.45, 7) is 0. The number of hydrogen-bond acceptors (Lipinski definition) is 3. The SMILES string of the molecule is Cn1ccc(C(O)Cc2ccco2)n1. The van der Waals surface area contributed by atoms with Gasteiger partial charge in [-0.05, 0) is 18.2 Å². The van der Waals surface area contributed by atoms with Crippen molar-refractivity contribution in [1.29, 1.82) is 0 Å². The summed E-state index contributed by atoms with van der Waals surface area (Å²) in [5.74, 6) is 0.767. The maximum atomic E-state index is 9.77. The summed E-state index contributed by atoms with van der Waals surface area (Å²) in [6.07, 6.45) is 3.27. The van der Waals surface area contributed by atoms with Crippen molar-refractivity contribution in [3.05, 3.63) is 42.1 Å². The smallest absolute Gasteiger partial charge is 0.106 e. The van der Waals surface area contributed by atoms with Gasteiger partial charge in [0, 0.05) is 19.7 Å². The van der Waals surface area contributed by atoms with Crippen LogP contribution in [0.3, 0.4) is 0 Å². The highest BCUT2D eigenvalue weighted by atomic mass is 16.3. The Bertz CT molecular complexity index is 392. The third-order valence-electron chi connectivity index (χ3n) is 2.05. The first-order valence-corrected chi connectivity index (χ1v) is 4.45. The van der Waals surface area contributed by atoms with E-state index in [1.807, 2.05) is 13.1 Å². The standard InChI is InChI=1S/C10H12N2O2/c1-12-5-4-9(11-12)10(13)7-8-3-2-6-14-8/h2-6,10,13H,7H2,1H3. The van der Waals surface area contributed by atoms with E-state index in [1.54, 1.807) is 29.3 Å². The second-order valence-electron chi connectivity index (χ2n) is 3.21. The Morgan fingerprint density at radius 3 is 3.00 bits per heavy atom. The predicted molar refractivity (Wildman–Crippen MR) is 50.6 cm³/mol. The zero-order valence-corrected chi connectivity index (χ0v) is 7.92. The first-order chi connectivity index (χ1) is 6.75. The average Bonchev–Trinajstić information content (AvgIpc) is 2.75. The first-order valence-electron chi connectivity index (χ1n) is 4.45. The number of aryl methyl sites for hydroxylation is 1. The molecule has 0 fully saturated rings. The third-order valence-corrected chi connectivity index (χ3v) is 2.05. The van der Waals surface area contributed by atoms with Crippen molar-refractivity contribution in [2.45, 2.75) is 12.5 Å². The van der Waals surface area contributed by atoms with Crippen LogP contribution in [0.2, 0.25) is 0 Å². The van der Waals surface area contributed by atoms with E-state index in [-0.39, 0.29) is 0 Å². The van der Waals surface area contributed by atoms with Crippen LogP contribution in [0.5, 0.6) is 0 Å². The van der Waals surface area contributed by atoms with Gasteiger partial charge in [-0.25, -0.2) is 0 Å². The minimum absolute atomic E-state index is 0.462. The molecular formula is C10H12N2O2. The van der Waals surface area contributed by atoms with Gasteiger partial charge in [0.05, 0.1) is 12.0 Å².